The highest BCUT2D eigenvalue weighted by atomic mass is 16.5. The number of nitrogens with one attached hydrogen (secondary N) is 1. The van der Waals surface area contributed by atoms with Gasteiger partial charge >= 0.3 is 0 Å². The summed E-state index contributed by atoms with van der Waals surface area (Å²) in [6, 6.07) is 0. The van der Waals surface area contributed by atoms with Crippen molar-refractivity contribution >= 4 is 5.91 Å². The summed E-state index contributed by atoms with van der Waals surface area (Å²) in [7, 11) is 0. The number of aryl methyl sites for hydroxylation is 1. The normalized spacial score (nSPS) is 18.2. The van der Waals surface area contributed by atoms with E-state index in [1.54, 1.807) is 0 Å². The highest BCUT2D eigenvalue weighted by Crippen LogP contribution is 2.27. The van der Waals surface area contributed by atoms with Crippen molar-refractivity contribution in [1.29, 1.82) is 0 Å². The van der Waals surface area contributed by atoms with Crippen molar-refractivity contribution in [2.45, 2.75) is 76.7 Å². The van der Waals surface area contributed by atoms with Gasteiger partial charge in [-0.25, -0.2) is 0 Å². The smallest absolute Gasteiger partial charge is 0.227 e. The van der Waals surface area contributed by atoms with Crippen molar-refractivity contribution in [2.24, 2.45) is 0 Å². The van der Waals surface area contributed by atoms with Gasteiger partial charge in [-0.05, 0) is 12.8 Å². The molecule has 1 aliphatic rings. The summed E-state index contributed by atoms with van der Waals surface area (Å²) in [6.45, 7) is 6.38. The number of aliphatic hydroxyl groups is 1. The molecular weight excluding hydrogens is 282 g/mol. The van der Waals surface area contributed by atoms with Crippen molar-refractivity contribution in [2.75, 3.05) is 6.54 Å². The van der Waals surface area contributed by atoms with E-state index in [1.165, 1.54) is 6.42 Å². The van der Waals surface area contributed by atoms with Crippen LogP contribution in [0.4, 0.5) is 0 Å². The largest absolute Gasteiger partial charge is 0.388 e. The minimum atomic E-state index is -0.724. The molecule has 0 unspecified atom stereocenters. The molecule has 0 aromatic carbocycles. The average Bonchev–Trinajstić information content (AvgIpc) is 2.93. The molecule has 22 heavy (non-hydrogen) atoms. The molecule has 1 fully saturated rings. The fraction of sp³-hybridized carbons (Fsp3) is 0.812. The van der Waals surface area contributed by atoms with Crippen molar-refractivity contribution in [3.05, 3.63) is 11.7 Å². The molecule has 2 rings (SSSR count). The molecule has 1 aliphatic carbocycles. The van der Waals surface area contributed by atoms with Crippen LogP contribution in [-0.2, 0) is 16.6 Å². The Morgan fingerprint density at radius 1 is 1.32 bits per heavy atom. The molecule has 0 saturated heterocycles. The van der Waals surface area contributed by atoms with E-state index in [2.05, 4.69) is 15.5 Å². The van der Waals surface area contributed by atoms with E-state index in [9.17, 15) is 9.90 Å². The Balaban J connectivity index is 1.74. The van der Waals surface area contributed by atoms with E-state index in [-0.39, 0.29) is 11.3 Å². The van der Waals surface area contributed by atoms with Gasteiger partial charge in [0, 0.05) is 24.8 Å². The molecular formula is C16H27N3O3. The van der Waals surface area contributed by atoms with Gasteiger partial charge in [-0.3, -0.25) is 4.79 Å². The number of carbonyl (C=O) groups is 1. The lowest BCUT2D eigenvalue weighted by molar-refractivity contribution is -0.122. The third kappa shape index (κ3) is 4.80. The van der Waals surface area contributed by atoms with Crippen molar-refractivity contribution in [1.82, 2.24) is 15.5 Å². The summed E-state index contributed by atoms with van der Waals surface area (Å²) in [5.41, 5.74) is -0.883. The number of carbonyl (C=O) groups excluding carboxylic acids is 1. The summed E-state index contributed by atoms with van der Waals surface area (Å²) < 4.78 is 5.17. The Morgan fingerprint density at radius 2 is 2.00 bits per heavy atom. The Bertz CT molecular complexity index is 499. The maximum absolute atomic E-state index is 11.9. The predicted octanol–water partition coefficient (Wildman–Crippen LogP) is 2.11. The first kappa shape index (κ1) is 16.9. The lowest BCUT2D eigenvalue weighted by Crippen LogP contribution is -2.44. The molecule has 1 heterocycles. The van der Waals surface area contributed by atoms with Crippen LogP contribution in [0.3, 0.4) is 0 Å². The van der Waals surface area contributed by atoms with Gasteiger partial charge in [-0.2, -0.15) is 4.98 Å². The number of amides is 1. The topological polar surface area (TPSA) is 88.2 Å². The van der Waals surface area contributed by atoms with Crippen LogP contribution in [0.25, 0.3) is 0 Å². The van der Waals surface area contributed by atoms with Gasteiger partial charge in [0.2, 0.25) is 11.8 Å². The monoisotopic (exact) mass is 309 g/mol. The molecule has 1 aromatic heterocycles. The molecule has 1 saturated carbocycles. The Hall–Kier alpha value is -1.43. The van der Waals surface area contributed by atoms with Crippen LogP contribution in [0.5, 0.6) is 0 Å². The Labute approximate surface area is 131 Å². The molecule has 2 N–H and O–H groups in total. The highest BCUT2D eigenvalue weighted by molar-refractivity contribution is 5.76. The van der Waals surface area contributed by atoms with Gasteiger partial charge in [0.15, 0.2) is 5.82 Å². The van der Waals surface area contributed by atoms with Crippen LogP contribution in [-0.4, -0.2) is 33.3 Å². The lowest BCUT2D eigenvalue weighted by atomic mass is 9.85. The van der Waals surface area contributed by atoms with Gasteiger partial charge in [-0.15, -0.1) is 0 Å². The predicted molar refractivity (Wildman–Crippen MR) is 82.4 cm³/mol. The third-order valence-electron chi connectivity index (χ3n) is 4.10. The molecule has 0 spiro atoms. The first-order valence-corrected chi connectivity index (χ1v) is 8.11. The fourth-order valence-corrected chi connectivity index (χ4v) is 2.62. The zero-order valence-corrected chi connectivity index (χ0v) is 13.8. The molecule has 0 radical (unpaired) electrons. The van der Waals surface area contributed by atoms with E-state index in [0.717, 1.165) is 25.7 Å². The average molecular weight is 309 g/mol. The molecule has 1 amide bonds. The van der Waals surface area contributed by atoms with E-state index in [0.29, 0.717) is 31.1 Å². The number of rotatable bonds is 5. The van der Waals surface area contributed by atoms with Crippen molar-refractivity contribution < 1.29 is 14.4 Å². The van der Waals surface area contributed by atoms with Gasteiger partial charge in [0.05, 0.1) is 5.60 Å². The van der Waals surface area contributed by atoms with E-state index < -0.39 is 5.60 Å². The first-order chi connectivity index (χ1) is 10.3. The van der Waals surface area contributed by atoms with Gasteiger partial charge < -0.3 is 14.9 Å². The SMILES string of the molecule is CC(C)(C)c1noc(CCC(=O)NCC2(O)CCCCC2)n1. The van der Waals surface area contributed by atoms with E-state index >= 15 is 0 Å². The van der Waals surface area contributed by atoms with Gasteiger partial charge in [-0.1, -0.05) is 45.2 Å². The van der Waals surface area contributed by atoms with Crippen molar-refractivity contribution in [3.8, 4) is 0 Å². The lowest BCUT2D eigenvalue weighted by Gasteiger charge is -2.32. The van der Waals surface area contributed by atoms with Crippen LogP contribution in [0.15, 0.2) is 4.52 Å². The highest BCUT2D eigenvalue weighted by Gasteiger charge is 2.29. The molecule has 6 heteroatoms. The quantitative estimate of drug-likeness (QED) is 0.869. The Kier molecular flexibility index (Phi) is 5.21. The fourth-order valence-electron chi connectivity index (χ4n) is 2.62. The second kappa shape index (κ2) is 6.77. The second-order valence-electron chi connectivity index (χ2n) is 7.32. The van der Waals surface area contributed by atoms with Crippen LogP contribution in [0.1, 0.15) is 71.0 Å². The summed E-state index contributed by atoms with van der Waals surface area (Å²) in [5.74, 6) is 1.05. The number of nitrogens with zero attached hydrogens (tertiary/aromatic N) is 2. The minimum Gasteiger partial charge on any atom is -0.388 e. The summed E-state index contributed by atoms with van der Waals surface area (Å²) in [5, 5.41) is 17.1. The summed E-state index contributed by atoms with van der Waals surface area (Å²) in [4.78, 5) is 16.2. The van der Waals surface area contributed by atoms with Gasteiger partial charge in [0.1, 0.15) is 0 Å². The summed E-state index contributed by atoms with van der Waals surface area (Å²) in [6.07, 6.45) is 5.49. The molecule has 124 valence electrons. The first-order valence-electron chi connectivity index (χ1n) is 8.11. The second-order valence-corrected chi connectivity index (χ2v) is 7.32. The molecule has 0 aliphatic heterocycles. The van der Waals surface area contributed by atoms with E-state index in [1.807, 2.05) is 20.8 Å². The molecule has 1 aromatic rings. The maximum atomic E-state index is 11.9. The molecule has 0 atom stereocenters. The van der Waals surface area contributed by atoms with Crippen LogP contribution in [0.2, 0.25) is 0 Å². The minimum absolute atomic E-state index is 0.0884. The molecule has 0 bridgehead atoms. The zero-order chi connectivity index (χ0) is 16.2. The van der Waals surface area contributed by atoms with E-state index in [4.69, 9.17) is 4.52 Å². The van der Waals surface area contributed by atoms with Crippen molar-refractivity contribution in [3.63, 3.8) is 0 Å². The van der Waals surface area contributed by atoms with Crippen LogP contribution < -0.4 is 5.32 Å². The summed E-state index contributed by atoms with van der Waals surface area (Å²) >= 11 is 0. The van der Waals surface area contributed by atoms with Crippen LogP contribution in [0, 0.1) is 0 Å². The standard InChI is InChI=1S/C16H27N3O3/c1-15(2,3)14-18-13(22-19-14)8-7-12(20)17-11-16(21)9-5-4-6-10-16/h21H,4-11H2,1-3H3,(H,17,20). The maximum Gasteiger partial charge on any atom is 0.227 e. The zero-order valence-electron chi connectivity index (χ0n) is 13.8. The Morgan fingerprint density at radius 3 is 2.59 bits per heavy atom. The number of aromatic nitrogens is 2. The number of hydrogen-bond acceptors (Lipinski definition) is 5. The number of hydrogen-bond donors (Lipinski definition) is 2. The molecule has 6 nitrogen and oxygen atoms in total. The van der Waals surface area contributed by atoms with Crippen LogP contribution >= 0.6 is 0 Å². The third-order valence-corrected chi connectivity index (χ3v) is 4.10. The van der Waals surface area contributed by atoms with Gasteiger partial charge in [0.25, 0.3) is 0 Å².